The minimum Gasteiger partial charge on any atom is -0.396 e. The number of rotatable bonds is 15. The Balaban J connectivity index is 1.75. The summed E-state index contributed by atoms with van der Waals surface area (Å²) in [6.07, 6.45) is 19.6. The third kappa shape index (κ3) is 9.77. The van der Waals surface area contributed by atoms with Crippen molar-refractivity contribution < 1.29 is 9.84 Å². The van der Waals surface area contributed by atoms with Gasteiger partial charge in [-0.25, -0.2) is 0 Å². The van der Waals surface area contributed by atoms with Crippen LogP contribution in [0.4, 0.5) is 0 Å². The van der Waals surface area contributed by atoms with Gasteiger partial charge in [0, 0.05) is 6.61 Å². The molecule has 20 heavy (non-hydrogen) atoms. The summed E-state index contributed by atoms with van der Waals surface area (Å²) in [6.45, 7) is 2.63. The molecule has 0 aromatic heterocycles. The lowest BCUT2D eigenvalue weighted by molar-refractivity contribution is 0.282. The molecule has 0 aromatic carbocycles. The number of hydrogen-bond donors (Lipinski definition) is 1. The minimum atomic E-state index is 0.357. The van der Waals surface area contributed by atoms with E-state index in [1.54, 1.807) is 0 Å². The fourth-order valence-corrected chi connectivity index (χ4v) is 2.98. The zero-order valence-corrected chi connectivity index (χ0v) is 13.6. The summed E-state index contributed by atoms with van der Waals surface area (Å²) in [7, 11) is 0. The molecule has 2 atom stereocenters. The Morgan fingerprint density at radius 3 is 1.60 bits per heavy atom. The molecule has 1 rings (SSSR count). The highest BCUT2D eigenvalue weighted by Gasteiger charge is 2.36. The van der Waals surface area contributed by atoms with Gasteiger partial charge in [0.15, 0.2) is 0 Å². The first-order valence-corrected chi connectivity index (χ1v) is 9.14. The fraction of sp³-hybridized carbons (Fsp3) is 1.00. The normalized spacial score (nSPS) is 21.3. The van der Waals surface area contributed by atoms with Crippen molar-refractivity contribution in [3.63, 3.8) is 0 Å². The van der Waals surface area contributed by atoms with Crippen molar-refractivity contribution in [3.8, 4) is 0 Å². The maximum atomic E-state index is 8.69. The monoisotopic (exact) mass is 284 g/mol. The zero-order valence-electron chi connectivity index (χ0n) is 13.6. The van der Waals surface area contributed by atoms with Crippen molar-refractivity contribution in [2.24, 2.45) is 0 Å². The van der Waals surface area contributed by atoms with E-state index in [1.165, 1.54) is 83.5 Å². The molecule has 1 fully saturated rings. The smallest absolute Gasteiger partial charge is 0.0841 e. The van der Waals surface area contributed by atoms with Gasteiger partial charge in [0.1, 0.15) is 0 Å². The predicted molar refractivity (Wildman–Crippen MR) is 86.1 cm³/mol. The van der Waals surface area contributed by atoms with E-state index in [9.17, 15) is 0 Å². The van der Waals surface area contributed by atoms with Gasteiger partial charge in [-0.2, -0.15) is 0 Å². The van der Waals surface area contributed by atoms with Gasteiger partial charge < -0.3 is 9.84 Å². The molecule has 2 heteroatoms. The van der Waals surface area contributed by atoms with Crippen LogP contribution in [-0.4, -0.2) is 23.9 Å². The second-order valence-electron chi connectivity index (χ2n) is 6.40. The lowest BCUT2D eigenvalue weighted by Gasteiger charge is -2.00. The van der Waals surface area contributed by atoms with Crippen LogP contribution in [0.1, 0.15) is 96.8 Å². The van der Waals surface area contributed by atoms with Gasteiger partial charge in [0.25, 0.3) is 0 Å². The minimum absolute atomic E-state index is 0.357. The summed E-state index contributed by atoms with van der Waals surface area (Å²) in [4.78, 5) is 0. The molecular formula is C18H36O2. The third-order valence-corrected chi connectivity index (χ3v) is 4.43. The average Bonchev–Trinajstić information content (AvgIpc) is 3.20. The Kier molecular flexibility index (Phi) is 11.4. The van der Waals surface area contributed by atoms with Crippen molar-refractivity contribution >= 4 is 0 Å². The molecule has 0 bridgehead atoms. The number of unbranched alkanes of at least 4 members (excludes halogenated alkanes) is 10. The highest BCUT2D eigenvalue weighted by atomic mass is 16.6. The van der Waals surface area contributed by atoms with E-state index in [-0.39, 0.29) is 0 Å². The molecule has 1 N–H and O–H groups in total. The Bertz CT molecular complexity index is 206. The summed E-state index contributed by atoms with van der Waals surface area (Å²) in [5, 5.41) is 8.69. The maximum absolute atomic E-state index is 8.69. The largest absolute Gasteiger partial charge is 0.396 e. The van der Waals surface area contributed by atoms with Crippen molar-refractivity contribution in [2.45, 2.75) is 109 Å². The topological polar surface area (TPSA) is 32.8 Å². The molecule has 120 valence electrons. The van der Waals surface area contributed by atoms with E-state index in [2.05, 4.69) is 6.92 Å². The van der Waals surface area contributed by atoms with E-state index in [1.807, 2.05) is 0 Å². The van der Waals surface area contributed by atoms with E-state index in [4.69, 9.17) is 9.84 Å². The van der Waals surface area contributed by atoms with Crippen LogP contribution in [0.15, 0.2) is 0 Å². The van der Waals surface area contributed by atoms with Crippen molar-refractivity contribution in [3.05, 3.63) is 0 Å². The summed E-state index contributed by atoms with van der Waals surface area (Å²) >= 11 is 0. The first-order valence-electron chi connectivity index (χ1n) is 9.14. The third-order valence-electron chi connectivity index (χ3n) is 4.43. The van der Waals surface area contributed by atoms with E-state index in [0.717, 1.165) is 6.42 Å². The van der Waals surface area contributed by atoms with Crippen LogP contribution in [-0.2, 0) is 4.74 Å². The van der Waals surface area contributed by atoms with Crippen LogP contribution in [0.3, 0.4) is 0 Å². The van der Waals surface area contributed by atoms with Crippen molar-refractivity contribution in [2.75, 3.05) is 6.61 Å². The maximum Gasteiger partial charge on any atom is 0.0841 e. The second-order valence-corrected chi connectivity index (χ2v) is 6.40. The molecule has 0 radical (unpaired) electrons. The molecule has 1 saturated heterocycles. The van der Waals surface area contributed by atoms with E-state index in [0.29, 0.717) is 18.8 Å². The van der Waals surface area contributed by atoms with Gasteiger partial charge in [-0.15, -0.1) is 0 Å². The number of aliphatic hydroxyl groups is 1. The van der Waals surface area contributed by atoms with Gasteiger partial charge in [0.05, 0.1) is 12.2 Å². The number of ether oxygens (including phenoxy) is 1. The summed E-state index contributed by atoms with van der Waals surface area (Å²) in [6, 6.07) is 0. The molecule has 2 nitrogen and oxygen atoms in total. The summed E-state index contributed by atoms with van der Waals surface area (Å²) < 4.78 is 5.76. The quantitative estimate of drug-likeness (QED) is 0.330. The number of aliphatic hydroxyl groups excluding tert-OH is 1. The SMILES string of the molecule is CCCCCCCCC1O[C@H]1CCCCCCCCO. The number of epoxide rings is 1. The molecule has 0 spiro atoms. The standard InChI is InChI=1S/C18H36O2/c1-2-3-4-5-8-11-14-17-18(20-17)15-12-9-6-7-10-13-16-19/h17-19H,2-16H2,1H3/t17?,18-/m0/s1. The highest BCUT2D eigenvalue weighted by molar-refractivity contribution is 4.84. The van der Waals surface area contributed by atoms with Crippen LogP contribution in [0.5, 0.6) is 0 Å². The Hall–Kier alpha value is -0.0800. The molecular weight excluding hydrogens is 248 g/mol. The van der Waals surface area contributed by atoms with Crippen molar-refractivity contribution in [1.82, 2.24) is 0 Å². The van der Waals surface area contributed by atoms with E-state index >= 15 is 0 Å². The molecule has 0 aromatic rings. The molecule has 1 aliphatic heterocycles. The van der Waals surface area contributed by atoms with Crippen molar-refractivity contribution in [1.29, 1.82) is 0 Å². The Labute approximate surface area is 126 Å². The van der Waals surface area contributed by atoms with Crippen LogP contribution >= 0.6 is 0 Å². The van der Waals surface area contributed by atoms with Gasteiger partial charge in [0.2, 0.25) is 0 Å². The lowest BCUT2D eigenvalue weighted by Crippen LogP contribution is -1.95. The lowest BCUT2D eigenvalue weighted by atomic mass is 10.0. The first kappa shape index (κ1) is 18.0. The van der Waals surface area contributed by atoms with Gasteiger partial charge in [-0.3, -0.25) is 0 Å². The van der Waals surface area contributed by atoms with Gasteiger partial charge in [-0.05, 0) is 19.3 Å². The first-order chi connectivity index (χ1) is 9.88. The molecule has 1 aliphatic rings. The van der Waals surface area contributed by atoms with Gasteiger partial charge >= 0.3 is 0 Å². The molecule has 1 unspecified atom stereocenters. The average molecular weight is 284 g/mol. The highest BCUT2D eigenvalue weighted by Crippen LogP contribution is 2.31. The predicted octanol–water partition coefficient (Wildman–Crippen LogP) is 5.23. The Morgan fingerprint density at radius 2 is 1.10 bits per heavy atom. The van der Waals surface area contributed by atoms with Crippen LogP contribution < -0.4 is 0 Å². The van der Waals surface area contributed by atoms with Gasteiger partial charge in [-0.1, -0.05) is 77.6 Å². The molecule has 0 aliphatic carbocycles. The summed E-state index contributed by atoms with van der Waals surface area (Å²) in [5.41, 5.74) is 0. The molecule has 1 heterocycles. The zero-order chi connectivity index (χ0) is 14.5. The molecule has 0 saturated carbocycles. The second kappa shape index (κ2) is 12.6. The van der Waals surface area contributed by atoms with E-state index < -0.39 is 0 Å². The fourth-order valence-electron chi connectivity index (χ4n) is 2.98. The van der Waals surface area contributed by atoms with Crippen LogP contribution in [0.2, 0.25) is 0 Å². The van der Waals surface area contributed by atoms with Crippen LogP contribution in [0.25, 0.3) is 0 Å². The molecule has 0 amide bonds. The van der Waals surface area contributed by atoms with Crippen LogP contribution in [0, 0.1) is 0 Å². The Morgan fingerprint density at radius 1 is 0.650 bits per heavy atom. The number of hydrogen-bond acceptors (Lipinski definition) is 2. The summed E-state index contributed by atoms with van der Waals surface area (Å²) in [5.74, 6) is 0.